The highest BCUT2D eigenvalue weighted by molar-refractivity contribution is 7.93. The van der Waals surface area contributed by atoms with E-state index in [1.54, 1.807) is 24.3 Å². The van der Waals surface area contributed by atoms with E-state index in [0.29, 0.717) is 31.0 Å². The maximum atomic E-state index is 12.7. The topological polar surface area (TPSA) is 101 Å². The van der Waals surface area contributed by atoms with Gasteiger partial charge in [0.25, 0.3) is 10.0 Å². The Balaban J connectivity index is 2.12. The Labute approximate surface area is 116 Å². The van der Waals surface area contributed by atoms with Crippen molar-refractivity contribution >= 4 is 21.5 Å². The summed E-state index contributed by atoms with van der Waals surface area (Å²) in [5, 5.41) is 6.12. The minimum atomic E-state index is -3.75. The van der Waals surface area contributed by atoms with Crippen molar-refractivity contribution in [3.63, 3.8) is 0 Å². The summed E-state index contributed by atoms with van der Waals surface area (Å²) >= 11 is 0. The molecule has 0 saturated carbocycles. The quantitative estimate of drug-likeness (QED) is 0.859. The summed E-state index contributed by atoms with van der Waals surface area (Å²) in [4.78, 5) is -0.0193. The number of aromatic nitrogens is 2. The van der Waals surface area contributed by atoms with Crippen molar-refractivity contribution in [3.05, 3.63) is 30.5 Å². The van der Waals surface area contributed by atoms with Gasteiger partial charge in [-0.15, -0.1) is 0 Å². The smallest absolute Gasteiger partial charge is 0.269 e. The molecule has 1 aliphatic heterocycles. The number of nitrogens with one attached hydrogen (secondary N) is 1. The average molecular weight is 294 g/mol. The maximum absolute atomic E-state index is 12.7. The first-order valence-electron chi connectivity index (χ1n) is 6.14. The SMILES string of the molecule is Nc1[nH]ncc1S(=O)(=O)N1CCCOc2ccccc21. The number of para-hydroxylation sites is 2. The molecule has 20 heavy (non-hydrogen) atoms. The summed E-state index contributed by atoms with van der Waals surface area (Å²) in [5.41, 5.74) is 6.16. The van der Waals surface area contributed by atoms with Gasteiger partial charge in [-0.05, 0) is 12.1 Å². The second-order valence-corrected chi connectivity index (χ2v) is 6.23. The van der Waals surface area contributed by atoms with Crippen molar-refractivity contribution in [3.8, 4) is 5.75 Å². The fourth-order valence-electron chi connectivity index (χ4n) is 2.16. The van der Waals surface area contributed by atoms with Gasteiger partial charge in [-0.1, -0.05) is 12.1 Å². The minimum Gasteiger partial charge on any atom is -0.491 e. The first-order valence-corrected chi connectivity index (χ1v) is 7.58. The van der Waals surface area contributed by atoms with E-state index in [-0.39, 0.29) is 10.7 Å². The van der Waals surface area contributed by atoms with Crippen molar-refractivity contribution in [2.24, 2.45) is 0 Å². The third-order valence-corrected chi connectivity index (χ3v) is 4.94. The molecule has 0 atom stereocenters. The van der Waals surface area contributed by atoms with Crippen LogP contribution in [0.5, 0.6) is 5.75 Å². The van der Waals surface area contributed by atoms with Crippen LogP contribution in [0.2, 0.25) is 0 Å². The molecule has 1 aromatic carbocycles. The van der Waals surface area contributed by atoms with Gasteiger partial charge < -0.3 is 10.5 Å². The van der Waals surface area contributed by atoms with Gasteiger partial charge in [0.2, 0.25) is 0 Å². The van der Waals surface area contributed by atoms with Gasteiger partial charge in [0.1, 0.15) is 16.5 Å². The molecule has 2 aromatic rings. The molecule has 0 unspecified atom stereocenters. The lowest BCUT2D eigenvalue weighted by Crippen LogP contribution is -2.31. The largest absolute Gasteiger partial charge is 0.491 e. The number of anilines is 2. The third-order valence-electron chi connectivity index (χ3n) is 3.10. The third kappa shape index (κ3) is 1.97. The van der Waals surface area contributed by atoms with Crippen LogP contribution in [0.1, 0.15) is 6.42 Å². The van der Waals surface area contributed by atoms with E-state index in [2.05, 4.69) is 10.2 Å². The number of benzene rings is 1. The van der Waals surface area contributed by atoms with E-state index in [0.717, 1.165) is 0 Å². The van der Waals surface area contributed by atoms with Crippen molar-refractivity contribution in [1.29, 1.82) is 0 Å². The Hall–Kier alpha value is -2.22. The number of sulfonamides is 1. The van der Waals surface area contributed by atoms with Gasteiger partial charge in [-0.25, -0.2) is 8.42 Å². The van der Waals surface area contributed by atoms with E-state index < -0.39 is 10.0 Å². The lowest BCUT2D eigenvalue weighted by molar-refractivity contribution is 0.322. The first-order chi connectivity index (χ1) is 9.60. The highest BCUT2D eigenvalue weighted by Gasteiger charge is 2.31. The second-order valence-electron chi connectivity index (χ2n) is 4.39. The number of ether oxygens (including phenoxy) is 1. The summed E-state index contributed by atoms with van der Waals surface area (Å²) in [7, 11) is -3.75. The number of rotatable bonds is 2. The van der Waals surface area contributed by atoms with E-state index >= 15 is 0 Å². The Kier molecular flexibility index (Phi) is 3.01. The molecule has 0 radical (unpaired) electrons. The molecule has 0 fully saturated rings. The van der Waals surface area contributed by atoms with E-state index in [9.17, 15) is 8.42 Å². The predicted octanol–water partition coefficient (Wildman–Crippen LogP) is 0.970. The number of nitrogens with two attached hydrogens (primary N) is 1. The Morgan fingerprint density at radius 2 is 2.15 bits per heavy atom. The van der Waals surface area contributed by atoms with Crippen LogP contribution in [0.4, 0.5) is 11.5 Å². The fraction of sp³-hybridized carbons (Fsp3) is 0.250. The molecular formula is C12H14N4O3S. The first kappa shape index (κ1) is 12.8. The number of nitrogens with zero attached hydrogens (tertiary/aromatic N) is 2. The fourth-order valence-corrected chi connectivity index (χ4v) is 3.68. The van der Waals surface area contributed by atoms with Crippen molar-refractivity contribution < 1.29 is 13.2 Å². The molecule has 1 aliphatic rings. The van der Waals surface area contributed by atoms with E-state index in [1.807, 2.05) is 0 Å². The zero-order chi connectivity index (χ0) is 14.2. The molecule has 1 aromatic heterocycles. The van der Waals surface area contributed by atoms with E-state index in [1.165, 1.54) is 10.5 Å². The lowest BCUT2D eigenvalue weighted by Gasteiger charge is -2.22. The predicted molar refractivity (Wildman–Crippen MR) is 74.1 cm³/mol. The maximum Gasteiger partial charge on any atom is 0.269 e. The van der Waals surface area contributed by atoms with Crippen LogP contribution in [0, 0.1) is 0 Å². The number of nitrogen functional groups attached to an aromatic ring is 1. The molecule has 0 amide bonds. The Morgan fingerprint density at radius 3 is 2.90 bits per heavy atom. The molecule has 7 nitrogen and oxygen atoms in total. The van der Waals surface area contributed by atoms with Crippen LogP contribution in [0.3, 0.4) is 0 Å². The van der Waals surface area contributed by atoms with Gasteiger partial charge in [0.05, 0.1) is 18.5 Å². The molecule has 0 spiro atoms. The highest BCUT2D eigenvalue weighted by Crippen LogP contribution is 2.35. The van der Waals surface area contributed by atoms with Crippen LogP contribution in [0.15, 0.2) is 35.4 Å². The van der Waals surface area contributed by atoms with Gasteiger partial charge in [-0.2, -0.15) is 5.10 Å². The average Bonchev–Trinajstić information content (AvgIpc) is 2.75. The Bertz CT molecular complexity index is 726. The van der Waals surface area contributed by atoms with Crippen LogP contribution in [0.25, 0.3) is 0 Å². The van der Waals surface area contributed by atoms with Crippen LogP contribution in [-0.4, -0.2) is 31.8 Å². The van der Waals surface area contributed by atoms with Crippen LogP contribution in [-0.2, 0) is 10.0 Å². The lowest BCUT2D eigenvalue weighted by atomic mass is 10.3. The van der Waals surface area contributed by atoms with Gasteiger partial charge >= 0.3 is 0 Å². The Morgan fingerprint density at radius 1 is 1.35 bits per heavy atom. The monoisotopic (exact) mass is 294 g/mol. The zero-order valence-electron chi connectivity index (χ0n) is 10.6. The van der Waals surface area contributed by atoms with Gasteiger partial charge in [0.15, 0.2) is 0 Å². The van der Waals surface area contributed by atoms with Crippen molar-refractivity contribution in [2.45, 2.75) is 11.3 Å². The summed E-state index contributed by atoms with van der Waals surface area (Å²) in [6, 6.07) is 7.05. The standard InChI is InChI=1S/C12H14N4O3S/c13-12-11(8-14-15-12)20(17,18)16-6-3-7-19-10-5-2-1-4-9(10)16/h1-2,4-5,8H,3,6-7H2,(H3,13,14,15). The number of hydrogen-bond donors (Lipinski definition) is 2. The number of H-pyrrole nitrogens is 1. The normalized spacial score (nSPS) is 15.3. The number of aromatic amines is 1. The molecular weight excluding hydrogens is 280 g/mol. The summed E-state index contributed by atoms with van der Waals surface area (Å²) in [6.45, 7) is 0.813. The van der Waals surface area contributed by atoms with Crippen LogP contribution >= 0.6 is 0 Å². The van der Waals surface area contributed by atoms with Crippen LogP contribution < -0.4 is 14.8 Å². The second kappa shape index (κ2) is 4.71. The summed E-state index contributed by atoms with van der Waals surface area (Å²) in [5.74, 6) is 0.586. The van der Waals surface area contributed by atoms with Gasteiger partial charge in [0, 0.05) is 13.0 Å². The molecule has 0 bridgehead atoms. The highest BCUT2D eigenvalue weighted by atomic mass is 32.2. The molecule has 3 N–H and O–H groups in total. The van der Waals surface area contributed by atoms with Crippen molar-refractivity contribution in [2.75, 3.05) is 23.2 Å². The molecule has 8 heteroatoms. The minimum absolute atomic E-state index is 0.0193. The number of fused-ring (bicyclic) bond motifs is 1. The van der Waals surface area contributed by atoms with Crippen molar-refractivity contribution in [1.82, 2.24) is 10.2 Å². The number of hydrogen-bond acceptors (Lipinski definition) is 5. The summed E-state index contributed by atoms with van der Waals surface area (Å²) in [6.07, 6.45) is 1.82. The van der Waals surface area contributed by atoms with Gasteiger partial charge in [-0.3, -0.25) is 9.40 Å². The zero-order valence-corrected chi connectivity index (χ0v) is 11.4. The summed E-state index contributed by atoms with van der Waals surface area (Å²) < 4.78 is 32.3. The molecule has 2 heterocycles. The molecule has 3 rings (SSSR count). The molecule has 0 aliphatic carbocycles. The van der Waals surface area contributed by atoms with E-state index in [4.69, 9.17) is 10.5 Å². The molecule has 0 saturated heterocycles. The molecule has 106 valence electrons.